The van der Waals surface area contributed by atoms with Gasteiger partial charge in [-0.05, 0) is 32.0 Å². The fourth-order valence-electron chi connectivity index (χ4n) is 2.17. The highest BCUT2D eigenvalue weighted by Crippen LogP contribution is 2.25. The van der Waals surface area contributed by atoms with Crippen molar-refractivity contribution < 1.29 is 13.9 Å². The molecule has 7 heteroatoms. The molecule has 6 nitrogen and oxygen atoms in total. The van der Waals surface area contributed by atoms with E-state index in [0.717, 1.165) is 11.4 Å². The van der Waals surface area contributed by atoms with Crippen LogP contribution in [0, 0.1) is 25.1 Å². The predicted molar refractivity (Wildman–Crippen MR) is 89.4 cm³/mol. The minimum absolute atomic E-state index is 0.0246. The maximum absolute atomic E-state index is 13.4. The number of halogens is 1. The van der Waals surface area contributed by atoms with Crippen molar-refractivity contribution in [2.45, 2.75) is 26.3 Å². The van der Waals surface area contributed by atoms with Crippen LogP contribution in [0.3, 0.4) is 0 Å². The molecule has 1 atom stereocenters. The van der Waals surface area contributed by atoms with Gasteiger partial charge in [-0.2, -0.15) is 5.10 Å². The number of anilines is 1. The molecular weight excluding hydrogens is 311 g/mol. The number of hydrogen-bond acceptors (Lipinski definition) is 3. The van der Waals surface area contributed by atoms with Crippen LogP contribution in [-0.2, 0) is 6.42 Å². The number of aryl methyl sites for hydroxylation is 1. The Morgan fingerprint density at radius 3 is 2.96 bits per heavy atom. The molecule has 0 aliphatic carbocycles. The lowest BCUT2D eigenvalue weighted by atomic mass is 10.2. The molecule has 2 rings (SSSR count). The lowest BCUT2D eigenvalue weighted by molar-refractivity contribution is 0.249. The molecule has 3 N–H and O–H groups in total. The number of aromatic nitrogens is 2. The zero-order valence-electron chi connectivity index (χ0n) is 13.5. The molecule has 1 unspecified atom stereocenters. The van der Waals surface area contributed by atoms with Crippen LogP contribution in [0.25, 0.3) is 0 Å². The third-order valence-corrected chi connectivity index (χ3v) is 3.15. The van der Waals surface area contributed by atoms with Crippen molar-refractivity contribution in [3.63, 3.8) is 0 Å². The summed E-state index contributed by atoms with van der Waals surface area (Å²) in [7, 11) is 0. The summed E-state index contributed by atoms with van der Waals surface area (Å²) >= 11 is 0. The van der Waals surface area contributed by atoms with Gasteiger partial charge in [-0.25, -0.2) is 9.18 Å². The highest BCUT2D eigenvalue weighted by atomic mass is 19.1. The van der Waals surface area contributed by atoms with Gasteiger partial charge in [-0.3, -0.25) is 5.10 Å². The summed E-state index contributed by atoms with van der Waals surface area (Å²) in [5.41, 5.74) is 2.02. The quantitative estimate of drug-likeness (QED) is 0.712. The van der Waals surface area contributed by atoms with Gasteiger partial charge in [0.05, 0.1) is 11.4 Å². The Hall–Kier alpha value is -3.01. The molecule has 24 heavy (non-hydrogen) atoms. The van der Waals surface area contributed by atoms with Crippen LogP contribution in [0.4, 0.5) is 14.9 Å². The molecule has 0 saturated heterocycles. The average molecular weight is 330 g/mol. The first-order valence-electron chi connectivity index (χ1n) is 7.42. The number of amides is 2. The largest absolute Gasteiger partial charge is 0.479 e. The van der Waals surface area contributed by atoms with Gasteiger partial charge in [0.2, 0.25) is 0 Å². The number of terminal acetylenes is 1. The molecule has 2 aromatic rings. The molecule has 126 valence electrons. The first-order chi connectivity index (χ1) is 11.5. The Balaban J connectivity index is 1.96. The zero-order valence-corrected chi connectivity index (χ0v) is 13.5. The molecule has 0 bridgehead atoms. The van der Waals surface area contributed by atoms with Crippen LogP contribution in [0.15, 0.2) is 24.3 Å². The number of nitrogens with one attached hydrogen (secondary N) is 3. The van der Waals surface area contributed by atoms with Gasteiger partial charge in [0.25, 0.3) is 0 Å². The van der Waals surface area contributed by atoms with Crippen molar-refractivity contribution in [1.29, 1.82) is 0 Å². The van der Waals surface area contributed by atoms with E-state index >= 15 is 0 Å². The number of aromatic amines is 1. The summed E-state index contributed by atoms with van der Waals surface area (Å²) in [5, 5.41) is 12.3. The van der Waals surface area contributed by atoms with Gasteiger partial charge in [0.15, 0.2) is 0 Å². The van der Waals surface area contributed by atoms with Gasteiger partial charge < -0.3 is 15.4 Å². The maximum Gasteiger partial charge on any atom is 0.319 e. The molecule has 1 aromatic heterocycles. The Morgan fingerprint density at radius 1 is 1.50 bits per heavy atom. The first-order valence-corrected chi connectivity index (χ1v) is 7.42. The number of rotatable bonds is 6. The predicted octanol–water partition coefficient (Wildman–Crippen LogP) is 2.62. The average Bonchev–Trinajstić information content (AvgIpc) is 2.91. The van der Waals surface area contributed by atoms with E-state index in [-0.39, 0.29) is 18.3 Å². The van der Waals surface area contributed by atoms with Crippen LogP contribution < -0.4 is 15.4 Å². The van der Waals surface area contributed by atoms with Crippen LogP contribution in [0.1, 0.15) is 18.3 Å². The van der Waals surface area contributed by atoms with Gasteiger partial charge >= 0.3 is 6.03 Å². The van der Waals surface area contributed by atoms with Crippen molar-refractivity contribution in [2.24, 2.45) is 0 Å². The number of hydrogen-bond donors (Lipinski definition) is 3. The van der Waals surface area contributed by atoms with E-state index in [9.17, 15) is 9.18 Å². The normalized spacial score (nSPS) is 11.4. The number of H-pyrrole nitrogens is 1. The van der Waals surface area contributed by atoms with E-state index in [1.807, 2.05) is 19.9 Å². The molecular formula is C17H19FN4O2. The van der Waals surface area contributed by atoms with Crippen LogP contribution in [-0.4, -0.2) is 28.9 Å². The van der Waals surface area contributed by atoms with Crippen molar-refractivity contribution >= 4 is 11.7 Å². The zero-order chi connectivity index (χ0) is 17.5. The SMILES string of the molecule is C#CCOc1ccc(F)cc1NC(=O)NC(C)Cc1cc(C)[nH]n1. The van der Waals surface area contributed by atoms with Gasteiger partial charge in [0.1, 0.15) is 18.2 Å². The molecule has 1 heterocycles. The van der Waals surface area contributed by atoms with Gasteiger partial charge in [-0.15, -0.1) is 6.42 Å². The number of urea groups is 1. The minimum atomic E-state index is -0.488. The summed E-state index contributed by atoms with van der Waals surface area (Å²) in [6, 6.07) is 5.11. The molecule has 0 aliphatic heterocycles. The summed E-state index contributed by atoms with van der Waals surface area (Å²) in [6.07, 6.45) is 5.71. The lowest BCUT2D eigenvalue weighted by Gasteiger charge is -2.15. The Kier molecular flexibility index (Phi) is 5.79. The molecule has 0 fully saturated rings. The second-order valence-corrected chi connectivity index (χ2v) is 5.38. The fraction of sp³-hybridized carbons (Fsp3) is 0.294. The Labute approximate surface area is 139 Å². The van der Waals surface area contributed by atoms with Gasteiger partial charge in [0, 0.05) is 24.2 Å². The number of nitrogens with zero attached hydrogens (tertiary/aromatic N) is 1. The van der Waals surface area contributed by atoms with Gasteiger partial charge in [-0.1, -0.05) is 5.92 Å². The van der Waals surface area contributed by atoms with Crippen molar-refractivity contribution in [2.75, 3.05) is 11.9 Å². The first kappa shape index (κ1) is 17.3. The molecule has 1 aromatic carbocycles. The third kappa shape index (κ3) is 5.02. The van der Waals surface area contributed by atoms with Crippen molar-refractivity contribution in [3.05, 3.63) is 41.5 Å². The monoisotopic (exact) mass is 330 g/mol. The van der Waals surface area contributed by atoms with Crippen LogP contribution >= 0.6 is 0 Å². The summed E-state index contributed by atoms with van der Waals surface area (Å²) < 4.78 is 18.7. The van der Waals surface area contributed by atoms with E-state index in [2.05, 4.69) is 26.8 Å². The van der Waals surface area contributed by atoms with E-state index in [0.29, 0.717) is 12.2 Å². The van der Waals surface area contributed by atoms with Crippen LogP contribution in [0.2, 0.25) is 0 Å². The molecule has 0 spiro atoms. The Bertz CT molecular complexity index is 751. The molecule has 0 aliphatic rings. The second-order valence-electron chi connectivity index (χ2n) is 5.38. The smallest absolute Gasteiger partial charge is 0.319 e. The maximum atomic E-state index is 13.4. The minimum Gasteiger partial charge on any atom is -0.479 e. The highest BCUT2D eigenvalue weighted by Gasteiger charge is 2.13. The van der Waals surface area contributed by atoms with Crippen molar-refractivity contribution in [3.8, 4) is 18.1 Å². The van der Waals surface area contributed by atoms with E-state index in [1.165, 1.54) is 18.2 Å². The third-order valence-electron chi connectivity index (χ3n) is 3.15. The number of carbonyl (C=O) groups excluding carboxylic acids is 1. The summed E-state index contributed by atoms with van der Waals surface area (Å²) in [5.74, 6) is 2.14. The molecule has 0 radical (unpaired) electrons. The Morgan fingerprint density at radius 2 is 2.29 bits per heavy atom. The number of benzene rings is 1. The standard InChI is InChI=1S/C17H19FN4O2/c1-4-7-24-16-6-5-13(18)10-15(16)20-17(23)19-11(2)8-14-9-12(3)21-22-14/h1,5-6,9-11H,7-8H2,2-3H3,(H,21,22)(H2,19,20,23). The number of carbonyl (C=O) groups is 1. The van der Waals surface area contributed by atoms with E-state index in [4.69, 9.17) is 11.2 Å². The highest BCUT2D eigenvalue weighted by molar-refractivity contribution is 5.91. The van der Waals surface area contributed by atoms with E-state index < -0.39 is 11.8 Å². The topological polar surface area (TPSA) is 79.0 Å². The van der Waals surface area contributed by atoms with Crippen molar-refractivity contribution in [1.82, 2.24) is 15.5 Å². The number of ether oxygens (including phenoxy) is 1. The fourth-order valence-corrected chi connectivity index (χ4v) is 2.17. The van der Waals surface area contributed by atoms with E-state index in [1.54, 1.807) is 0 Å². The summed E-state index contributed by atoms with van der Waals surface area (Å²) in [4.78, 5) is 12.1. The van der Waals surface area contributed by atoms with Crippen LogP contribution in [0.5, 0.6) is 5.75 Å². The second kappa shape index (κ2) is 8.02. The summed E-state index contributed by atoms with van der Waals surface area (Å²) in [6.45, 7) is 3.78. The lowest BCUT2D eigenvalue weighted by Crippen LogP contribution is -2.37. The molecule has 0 saturated carbocycles. The molecule has 2 amide bonds.